The molecule has 7 nitrogen and oxygen atoms in total. The molecule has 5 rings (SSSR count). The number of aromatic nitrogens is 2. The van der Waals surface area contributed by atoms with Gasteiger partial charge in [-0.1, -0.05) is 42.5 Å². The fourth-order valence-electron chi connectivity index (χ4n) is 4.08. The lowest BCUT2D eigenvalue weighted by atomic mass is 10.0. The first-order chi connectivity index (χ1) is 16.6. The highest BCUT2D eigenvalue weighted by atomic mass is 16.5. The molecule has 1 aliphatic carbocycles. The summed E-state index contributed by atoms with van der Waals surface area (Å²) >= 11 is 0. The third-order valence-corrected chi connectivity index (χ3v) is 5.84. The molecule has 0 N–H and O–H groups in total. The molecule has 2 heterocycles. The van der Waals surface area contributed by atoms with Gasteiger partial charge < -0.3 is 13.9 Å². The summed E-state index contributed by atoms with van der Waals surface area (Å²) in [6, 6.07) is 20.9. The molecule has 0 radical (unpaired) electrons. The molecular formula is C27H22N2O5. The molecule has 0 amide bonds. The number of hydrogen-bond donors (Lipinski definition) is 0. The molecule has 1 atom stereocenters. The van der Waals surface area contributed by atoms with Gasteiger partial charge in [0.05, 0.1) is 13.3 Å². The van der Waals surface area contributed by atoms with Gasteiger partial charge in [-0.15, -0.1) is 0 Å². The number of methoxy groups -OCH3 is 1. The summed E-state index contributed by atoms with van der Waals surface area (Å²) in [4.78, 5) is 33.2. The fourth-order valence-corrected chi connectivity index (χ4v) is 4.08. The van der Waals surface area contributed by atoms with Gasteiger partial charge in [-0.2, -0.15) is 0 Å². The van der Waals surface area contributed by atoms with Gasteiger partial charge in [0.25, 0.3) is 5.89 Å². The number of ketones is 1. The summed E-state index contributed by atoms with van der Waals surface area (Å²) in [5, 5.41) is 0. The molecular weight excluding hydrogens is 432 g/mol. The average molecular weight is 454 g/mol. The Morgan fingerprint density at radius 3 is 2.65 bits per heavy atom. The quantitative estimate of drug-likeness (QED) is 0.295. The van der Waals surface area contributed by atoms with Crippen LogP contribution in [-0.4, -0.2) is 28.8 Å². The van der Waals surface area contributed by atoms with E-state index >= 15 is 0 Å². The molecule has 1 aliphatic rings. The lowest BCUT2D eigenvalue weighted by Crippen LogP contribution is -2.15. The van der Waals surface area contributed by atoms with Gasteiger partial charge >= 0.3 is 5.97 Å². The Bertz CT molecular complexity index is 1350. The molecule has 0 spiro atoms. The first-order valence-electron chi connectivity index (χ1n) is 10.9. The molecule has 0 bridgehead atoms. The number of nitrogens with zero attached hydrogens (tertiary/aromatic N) is 2. The Balaban J connectivity index is 1.26. The monoisotopic (exact) mass is 454 g/mol. The number of carbonyl (C=O) groups excluding carboxylic acids is 2. The van der Waals surface area contributed by atoms with Crippen LogP contribution in [0.1, 0.15) is 37.9 Å². The predicted molar refractivity (Wildman–Crippen MR) is 124 cm³/mol. The number of benzene rings is 2. The van der Waals surface area contributed by atoms with Crippen molar-refractivity contribution < 1.29 is 23.5 Å². The van der Waals surface area contributed by atoms with Crippen LogP contribution in [0.2, 0.25) is 0 Å². The molecule has 170 valence electrons. The Morgan fingerprint density at radius 1 is 1.00 bits per heavy atom. The van der Waals surface area contributed by atoms with E-state index in [4.69, 9.17) is 13.9 Å². The normalized spacial score (nSPS) is 14.4. The summed E-state index contributed by atoms with van der Waals surface area (Å²) < 4.78 is 16.4. The van der Waals surface area contributed by atoms with E-state index in [-0.39, 0.29) is 23.3 Å². The highest BCUT2D eigenvalue weighted by molar-refractivity contribution is 5.95. The molecule has 0 saturated carbocycles. The molecule has 0 fully saturated rings. The van der Waals surface area contributed by atoms with Crippen LogP contribution in [0, 0.1) is 5.92 Å². The van der Waals surface area contributed by atoms with Gasteiger partial charge in [0, 0.05) is 5.92 Å². The molecule has 2 aromatic carbocycles. The standard InChI is InChI=1S/C27H22N2O5/c1-32-27(31)23-9-5-8-22(29-23)24-15-28-26(34-24)25(30)20-12-18-10-11-21(14-19(18)13-20)33-16-17-6-3-2-4-7-17/h2-11,14-15,20H,12-13,16H2,1H3. The van der Waals surface area contributed by atoms with Crippen LogP contribution in [0.4, 0.5) is 0 Å². The largest absolute Gasteiger partial charge is 0.489 e. The fraction of sp³-hybridized carbons (Fsp3) is 0.185. The van der Waals surface area contributed by atoms with Crippen LogP contribution in [-0.2, 0) is 24.2 Å². The maximum absolute atomic E-state index is 13.1. The molecule has 4 aromatic rings. The summed E-state index contributed by atoms with van der Waals surface area (Å²) in [7, 11) is 1.29. The Labute approximate surface area is 196 Å². The first-order valence-corrected chi connectivity index (χ1v) is 10.9. The summed E-state index contributed by atoms with van der Waals surface area (Å²) in [5.41, 5.74) is 3.89. The number of oxazole rings is 1. The summed E-state index contributed by atoms with van der Waals surface area (Å²) in [6.45, 7) is 0.492. The first kappa shape index (κ1) is 21.6. The number of pyridine rings is 1. The number of fused-ring (bicyclic) bond motifs is 1. The van der Waals surface area contributed by atoms with Gasteiger partial charge in [0.1, 0.15) is 23.7 Å². The van der Waals surface area contributed by atoms with Crippen LogP contribution in [0.5, 0.6) is 5.75 Å². The molecule has 1 unspecified atom stereocenters. The average Bonchev–Trinajstić information content (AvgIpc) is 3.55. The molecule has 2 aromatic heterocycles. The zero-order chi connectivity index (χ0) is 23.5. The lowest BCUT2D eigenvalue weighted by molar-refractivity contribution is 0.0594. The second-order valence-electron chi connectivity index (χ2n) is 8.10. The van der Waals surface area contributed by atoms with E-state index in [2.05, 4.69) is 9.97 Å². The van der Waals surface area contributed by atoms with Crippen molar-refractivity contribution in [2.45, 2.75) is 19.4 Å². The Hall–Kier alpha value is -4.26. The van der Waals surface area contributed by atoms with E-state index in [1.807, 2.05) is 48.5 Å². The highest BCUT2D eigenvalue weighted by Gasteiger charge is 2.31. The van der Waals surface area contributed by atoms with Crippen molar-refractivity contribution in [2.75, 3.05) is 7.11 Å². The van der Waals surface area contributed by atoms with E-state index in [9.17, 15) is 9.59 Å². The summed E-state index contributed by atoms with van der Waals surface area (Å²) in [6.07, 6.45) is 2.68. The van der Waals surface area contributed by atoms with Crippen molar-refractivity contribution in [3.63, 3.8) is 0 Å². The topological polar surface area (TPSA) is 91.5 Å². The van der Waals surface area contributed by atoms with Gasteiger partial charge in [0.15, 0.2) is 5.76 Å². The van der Waals surface area contributed by atoms with Crippen molar-refractivity contribution in [3.8, 4) is 17.2 Å². The maximum atomic E-state index is 13.1. The number of esters is 1. The predicted octanol–water partition coefficient (Wildman–Crippen LogP) is 4.70. The SMILES string of the molecule is COC(=O)c1cccc(-c2cnc(C(=O)C3Cc4ccc(OCc5ccccc5)cc4C3)o2)n1. The molecule has 0 aliphatic heterocycles. The van der Waals surface area contributed by atoms with Crippen LogP contribution >= 0.6 is 0 Å². The number of ether oxygens (including phenoxy) is 2. The Kier molecular flexibility index (Phi) is 5.91. The van der Waals surface area contributed by atoms with Crippen molar-refractivity contribution in [2.24, 2.45) is 5.92 Å². The lowest BCUT2D eigenvalue weighted by Gasteiger charge is -2.08. The highest BCUT2D eigenvalue weighted by Crippen LogP contribution is 2.32. The van der Waals surface area contributed by atoms with Crippen LogP contribution < -0.4 is 4.74 Å². The van der Waals surface area contributed by atoms with E-state index in [0.717, 1.165) is 22.4 Å². The van der Waals surface area contributed by atoms with E-state index in [1.165, 1.54) is 13.3 Å². The van der Waals surface area contributed by atoms with Crippen molar-refractivity contribution in [1.82, 2.24) is 9.97 Å². The third-order valence-electron chi connectivity index (χ3n) is 5.84. The van der Waals surface area contributed by atoms with Crippen LogP contribution in [0.3, 0.4) is 0 Å². The number of rotatable bonds is 7. The zero-order valence-electron chi connectivity index (χ0n) is 18.6. The number of hydrogen-bond acceptors (Lipinski definition) is 7. The van der Waals surface area contributed by atoms with Crippen LogP contribution in [0.15, 0.2) is 77.3 Å². The number of carbonyl (C=O) groups is 2. The zero-order valence-corrected chi connectivity index (χ0v) is 18.6. The van der Waals surface area contributed by atoms with Gasteiger partial charge in [0.2, 0.25) is 5.78 Å². The smallest absolute Gasteiger partial charge is 0.356 e. The maximum Gasteiger partial charge on any atom is 0.356 e. The summed E-state index contributed by atoms with van der Waals surface area (Å²) in [5.74, 6) is 0.192. The third kappa shape index (κ3) is 4.45. The van der Waals surface area contributed by atoms with E-state index in [1.54, 1.807) is 18.2 Å². The number of Topliss-reactive ketones (excluding diaryl/α,β-unsaturated/α-hetero) is 1. The van der Waals surface area contributed by atoms with Gasteiger partial charge in [-0.25, -0.2) is 14.8 Å². The van der Waals surface area contributed by atoms with Gasteiger partial charge in [-0.05, 0) is 53.8 Å². The molecule has 0 saturated heterocycles. The van der Waals surface area contributed by atoms with Crippen molar-refractivity contribution in [3.05, 3.63) is 101 Å². The molecule has 34 heavy (non-hydrogen) atoms. The van der Waals surface area contributed by atoms with Crippen molar-refractivity contribution in [1.29, 1.82) is 0 Å². The second kappa shape index (κ2) is 9.31. The van der Waals surface area contributed by atoms with Crippen molar-refractivity contribution >= 4 is 11.8 Å². The molecule has 7 heteroatoms. The van der Waals surface area contributed by atoms with Gasteiger partial charge in [-0.3, -0.25) is 4.79 Å². The minimum Gasteiger partial charge on any atom is -0.489 e. The van der Waals surface area contributed by atoms with E-state index in [0.29, 0.717) is 30.9 Å². The minimum atomic E-state index is -0.548. The Morgan fingerprint density at radius 2 is 1.82 bits per heavy atom. The second-order valence-corrected chi connectivity index (χ2v) is 8.10. The van der Waals surface area contributed by atoms with Crippen LogP contribution in [0.25, 0.3) is 11.5 Å². The minimum absolute atomic E-state index is 0.0404. The van der Waals surface area contributed by atoms with E-state index < -0.39 is 5.97 Å².